The highest BCUT2D eigenvalue weighted by Gasteiger charge is 2.48. The van der Waals surface area contributed by atoms with E-state index in [1.807, 2.05) is 11.9 Å². The van der Waals surface area contributed by atoms with Crippen LogP contribution in [0.1, 0.15) is 24.8 Å². The summed E-state index contributed by atoms with van der Waals surface area (Å²) in [5.74, 6) is 1.43. The van der Waals surface area contributed by atoms with Gasteiger partial charge in [-0.2, -0.15) is 0 Å². The Morgan fingerprint density at radius 3 is 2.69 bits per heavy atom. The average molecular weight is 379 g/mol. The van der Waals surface area contributed by atoms with Gasteiger partial charge in [0.1, 0.15) is 13.2 Å². The lowest BCUT2D eigenvalue weighted by atomic mass is 9.78. The number of rotatable bonds is 2. The summed E-state index contributed by atoms with van der Waals surface area (Å²) >= 11 is 6.33. The normalized spacial score (nSPS) is 25.1. The molecule has 140 valence electrons. The summed E-state index contributed by atoms with van der Waals surface area (Å²) < 4.78 is 11.1. The lowest BCUT2D eigenvalue weighted by molar-refractivity contribution is -0.144. The molecule has 2 amide bonds. The van der Waals surface area contributed by atoms with Crippen molar-refractivity contribution in [2.24, 2.45) is 5.41 Å². The molecule has 0 saturated carbocycles. The van der Waals surface area contributed by atoms with Crippen LogP contribution in [0.15, 0.2) is 12.1 Å². The van der Waals surface area contributed by atoms with E-state index in [0.717, 1.165) is 31.4 Å². The van der Waals surface area contributed by atoms with Crippen LogP contribution in [-0.2, 0) is 16.0 Å². The third-order valence-corrected chi connectivity index (χ3v) is 6.06. The van der Waals surface area contributed by atoms with E-state index in [-0.39, 0.29) is 23.7 Å². The number of fused-ring (bicyclic) bond motifs is 1. The first-order valence-electron chi connectivity index (χ1n) is 9.10. The highest BCUT2D eigenvalue weighted by atomic mass is 35.5. The quantitative estimate of drug-likeness (QED) is 0.791. The number of carbonyl (C=O) groups is 2. The van der Waals surface area contributed by atoms with E-state index in [1.165, 1.54) is 0 Å². The van der Waals surface area contributed by atoms with E-state index in [0.29, 0.717) is 42.8 Å². The van der Waals surface area contributed by atoms with Gasteiger partial charge in [-0.25, -0.2) is 0 Å². The van der Waals surface area contributed by atoms with Gasteiger partial charge in [0.2, 0.25) is 11.8 Å². The second-order valence-corrected chi connectivity index (χ2v) is 7.85. The molecule has 0 bridgehead atoms. The van der Waals surface area contributed by atoms with Crippen molar-refractivity contribution in [1.29, 1.82) is 0 Å². The predicted octanol–water partition coefficient (Wildman–Crippen LogP) is 2.12. The summed E-state index contributed by atoms with van der Waals surface area (Å²) in [6, 6.07) is 3.50. The minimum atomic E-state index is -0.390. The van der Waals surface area contributed by atoms with Gasteiger partial charge >= 0.3 is 0 Å². The van der Waals surface area contributed by atoms with Crippen molar-refractivity contribution in [2.75, 3.05) is 39.9 Å². The molecule has 1 aromatic rings. The van der Waals surface area contributed by atoms with Crippen molar-refractivity contribution in [1.82, 2.24) is 9.80 Å². The van der Waals surface area contributed by atoms with Gasteiger partial charge in [-0.05, 0) is 30.9 Å². The molecule has 0 N–H and O–H groups in total. The first-order chi connectivity index (χ1) is 12.5. The van der Waals surface area contributed by atoms with Crippen LogP contribution in [0.4, 0.5) is 0 Å². The molecule has 2 fully saturated rings. The van der Waals surface area contributed by atoms with Crippen LogP contribution in [0.25, 0.3) is 0 Å². The fraction of sp³-hybridized carbons (Fsp3) is 0.579. The van der Waals surface area contributed by atoms with Gasteiger partial charge in [-0.3, -0.25) is 9.59 Å². The van der Waals surface area contributed by atoms with Gasteiger partial charge in [-0.15, -0.1) is 0 Å². The molecular formula is C19H23ClN2O4. The molecule has 1 unspecified atom stereocenters. The summed E-state index contributed by atoms with van der Waals surface area (Å²) in [7, 11) is 1.85. The van der Waals surface area contributed by atoms with Crippen LogP contribution >= 0.6 is 11.6 Å². The Bertz CT molecular complexity index is 753. The topological polar surface area (TPSA) is 59.1 Å². The molecule has 0 aromatic heterocycles. The minimum absolute atomic E-state index is 0.00137. The fourth-order valence-corrected chi connectivity index (χ4v) is 4.47. The maximum atomic E-state index is 12.8. The molecule has 26 heavy (non-hydrogen) atoms. The molecule has 6 nitrogen and oxygen atoms in total. The van der Waals surface area contributed by atoms with Crippen LogP contribution in [0, 0.1) is 5.41 Å². The zero-order valence-corrected chi connectivity index (χ0v) is 15.7. The summed E-state index contributed by atoms with van der Waals surface area (Å²) in [5, 5.41) is 0.505. The van der Waals surface area contributed by atoms with Crippen molar-refractivity contribution >= 4 is 23.4 Å². The Morgan fingerprint density at radius 1 is 1.19 bits per heavy atom. The van der Waals surface area contributed by atoms with E-state index >= 15 is 0 Å². The Labute approximate surface area is 158 Å². The smallest absolute Gasteiger partial charge is 0.230 e. The molecule has 3 aliphatic heterocycles. The van der Waals surface area contributed by atoms with E-state index in [1.54, 1.807) is 17.0 Å². The standard InChI is InChI=1S/C19H23ClN2O4/c1-21-5-2-3-19(18(21)24)4-6-22(12-19)17(23)10-13-9-15-16(11-14(13)20)26-8-7-25-15/h9,11H,2-8,10,12H2,1H3. The molecule has 1 aromatic carbocycles. The maximum Gasteiger partial charge on any atom is 0.230 e. The molecule has 0 aliphatic carbocycles. The van der Waals surface area contributed by atoms with Crippen molar-refractivity contribution < 1.29 is 19.1 Å². The largest absolute Gasteiger partial charge is 0.486 e. The second-order valence-electron chi connectivity index (χ2n) is 7.44. The number of ether oxygens (including phenoxy) is 2. The highest BCUT2D eigenvalue weighted by Crippen LogP contribution is 2.40. The number of carbonyl (C=O) groups excluding carboxylic acids is 2. The Kier molecular flexibility index (Phi) is 4.47. The molecule has 3 heterocycles. The lowest BCUT2D eigenvalue weighted by Crippen LogP contribution is -2.48. The third kappa shape index (κ3) is 3.00. The number of nitrogens with zero attached hydrogens (tertiary/aromatic N) is 2. The van der Waals surface area contributed by atoms with E-state index in [2.05, 4.69) is 0 Å². The van der Waals surface area contributed by atoms with Gasteiger partial charge in [-0.1, -0.05) is 11.6 Å². The first kappa shape index (κ1) is 17.5. The van der Waals surface area contributed by atoms with Crippen LogP contribution in [0.5, 0.6) is 11.5 Å². The summed E-state index contributed by atoms with van der Waals surface area (Å²) in [6.07, 6.45) is 2.81. The number of halogens is 1. The molecule has 4 rings (SSSR count). The average Bonchev–Trinajstić information content (AvgIpc) is 3.05. The molecule has 1 spiro atoms. The van der Waals surface area contributed by atoms with Crippen molar-refractivity contribution in [3.05, 3.63) is 22.7 Å². The molecular weight excluding hydrogens is 356 g/mol. The summed E-state index contributed by atoms with van der Waals surface area (Å²) in [5.41, 5.74) is 0.341. The number of benzene rings is 1. The molecule has 2 saturated heterocycles. The Balaban J connectivity index is 1.47. The first-order valence-corrected chi connectivity index (χ1v) is 9.48. The molecule has 7 heteroatoms. The van der Waals surface area contributed by atoms with Gasteiger partial charge < -0.3 is 19.3 Å². The van der Waals surface area contributed by atoms with Gasteiger partial charge in [0.15, 0.2) is 11.5 Å². The monoisotopic (exact) mass is 378 g/mol. The molecule has 1 atom stereocenters. The number of hydrogen-bond acceptors (Lipinski definition) is 4. The minimum Gasteiger partial charge on any atom is -0.486 e. The van der Waals surface area contributed by atoms with E-state index in [4.69, 9.17) is 21.1 Å². The second kappa shape index (κ2) is 6.65. The van der Waals surface area contributed by atoms with Crippen molar-refractivity contribution in [3.8, 4) is 11.5 Å². The van der Waals surface area contributed by atoms with Crippen molar-refractivity contribution in [2.45, 2.75) is 25.7 Å². The van der Waals surface area contributed by atoms with Crippen LogP contribution in [0.3, 0.4) is 0 Å². The van der Waals surface area contributed by atoms with Gasteiger partial charge in [0.25, 0.3) is 0 Å². The fourth-order valence-electron chi connectivity index (χ4n) is 4.25. The van der Waals surface area contributed by atoms with Crippen molar-refractivity contribution in [3.63, 3.8) is 0 Å². The van der Waals surface area contributed by atoms with Crippen LogP contribution in [0.2, 0.25) is 5.02 Å². The SMILES string of the molecule is CN1CCCC2(CCN(C(=O)Cc3cc4c(cc3Cl)OCCO4)C2)C1=O. The zero-order valence-electron chi connectivity index (χ0n) is 14.9. The van der Waals surface area contributed by atoms with Gasteiger partial charge in [0.05, 0.1) is 11.8 Å². The lowest BCUT2D eigenvalue weighted by Gasteiger charge is -2.37. The number of likely N-dealkylation sites (tertiary alicyclic amines) is 2. The van der Waals surface area contributed by atoms with Crippen LogP contribution < -0.4 is 9.47 Å². The number of hydrogen-bond donors (Lipinski definition) is 0. The molecule has 3 aliphatic rings. The number of piperidine rings is 1. The van der Waals surface area contributed by atoms with E-state index < -0.39 is 0 Å². The summed E-state index contributed by atoms with van der Waals surface area (Å²) in [4.78, 5) is 29.1. The summed E-state index contributed by atoms with van der Waals surface area (Å²) in [6.45, 7) is 2.94. The third-order valence-electron chi connectivity index (χ3n) is 5.71. The van der Waals surface area contributed by atoms with Crippen LogP contribution in [-0.4, -0.2) is 61.5 Å². The van der Waals surface area contributed by atoms with Gasteiger partial charge in [0, 0.05) is 37.8 Å². The Hall–Kier alpha value is -1.95. The number of amides is 2. The highest BCUT2D eigenvalue weighted by molar-refractivity contribution is 6.31. The maximum absolute atomic E-state index is 12.8. The predicted molar refractivity (Wildman–Crippen MR) is 96.6 cm³/mol. The zero-order chi connectivity index (χ0) is 18.3. The Morgan fingerprint density at radius 2 is 1.92 bits per heavy atom. The molecule has 0 radical (unpaired) electrons. The van der Waals surface area contributed by atoms with E-state index in [9.17, 15) is 9.59 Å².